The fourth-order valence-electron chi connectivity index (χ4n) is 14.5. The third-order valence-corrected chi connectivity index (χ3v) is 26.6. The van der Waals surface area contributed by atoms with Crippen LogP contribution in [0.1, 0.15) is 38.9 Å². The van der Waals surface area contributed by atoms with Crippen LogP contribution in [0.2, 0.25) is 39.3 Å². The van der Waals surface area contributed by atoms with Crippen molar-refractivity contribution in [1.29, 1.82) is 0 Å². The van der Waals surface area contributed by atoms with Crippen molar-refractivity contribution in [1.82, 2.24) is 39.9 Å². The summed E-state index contributed by atoms with van der Waals surface area (Å²) in [6, 6.07) is 90.3. The number of aromatic amines is 1. The number of hydrogen-bond acceptors (Lipinski definition) is 15. The van der Waals surface area contributed by atoms with E-state index in [9.17, 15) is 0 Å². The summed E-state index contributed by atoms with van der Waals surface area (Å²) in [6.07, 6.45) is 46.3. The summed E-state index contributed by atoms with van der Waals surface area (Å²) in [4.78, 5) is 31.3. The maximum atomic E-state index is 8.84. The molecule has 142 heavy (non-hydrogen) atoms. The number of nitrogens with zero attached hydrogens (tertiary/aromatic N) is 7. The van der Waals surface area contributed by atoms with Crippen LogP contribution in [-0.4, -0.2) is 68.7 Å². The van der Waals surface area contributed by atoms with Gasteiger partial charge in [-0.25, -0.2) is 0 Å². The monoisotopic (exact) mass is 2230 g/mol. The molecule has 0 spiro atoms. The lowest BCUT2D eigenvalue weighted by molar-refractivity contribution is 0.451. The van der Waals surface area contributed by atoms with E-state index in [-0.39, 0.29) is 0 Å². The molecule has 0 atom stereocenters. The first kappa shape index (κ1) is 101. The standard InChI is InChI=1S/C27H16N2O.C27H15NO2.C16H10BO3.C11H6BrNO.C10H13NSi.2C7H5N.C5H4IN.C5H10Si.C4H2BrIO/c1-2-4-19-16(3-1)5-6-21-22-8-7-20-23(17-9-12-28-13-10-17)15-18-11-14-30-27(18)24(20)26(22)29-25(19)21;1-2-5-21-19(4-1)10-11-23-22-6-3-7-24(27(22)30-26(21)23)25-20(14-17-29-25)9-8-18-12-15-28-16-13-18;18-17-20-14-7-3-6-12-13-9-8-10-4-1-2-5-11(10)15(13)19-16(12)14;12-11-10(5-8-14-11)2-1-9-3-6-13-7-4-9;1-12(2,3)9-6-10-4-7-11-8-5-10;2*1-2-7-3-5-8-6-4-7;6-5-1-3-7-4-2-5;1-5-6(2,3)4;5-4-3(6)1-2-7-4/h1-15,29H;1-7,10-17H;1-9,18H;3-8H;4-5,7-8H,1-3H3;2*1,3-6H;1-4H;1H,2-4H3;1-2H. The first-order valence-electron chi connectivity index (χ1n) is 44.4. The fraction of sp³-hybridized carbons (Fsp3) is 0.0504. The fourth-order valence-corrected chi connectivity index (χ4v) is 16.2. The van der Waals surface area contributed by atoms with Crippen LogP contribution in [0.4, 0.5) is 0 Å². The molecule has 10 aromatic carbocycles. The quantitative estimate of drug-likeness (QED) is 0.0952. The van der Waals surface area contributed by atoms with Gasteiger partial charge in [0.05, 0.1) is 56.3 Å². The van der Waals surface area contributed by atoms with Crippen molar-refractivity contribution in [2.75, 3.05) is 0 Å². The van der Waals surface area contributed by atoms with Gasteiger partial charge in [0, 0.05) is 177 Å². The molecular formula is C119H86BBr2I2N8O8Si2. The van der Waals surface area contributed by atoms with Crippen molar-refractivity contribution >= 4 is 221 Å². The number of aromatic nitrogens is 8. The Morgan fingerprint density at radius 1 is 0.345 bits per heavy atom. The Labute approximate surface area is 868 Å². The second-order valence-electron chi connectivity index (χ2n) is 33.2. The zero-order valence-corrected chi connectivity index (χ0v) is 87.1. The molecule has 14 aromatic heterocycles. The number of halogens is 4. The van der Waals surface area contributed by atoms with E-state index in [1.807, 2.05) is 140 Å². The van der Waals surface area contributed by atoms with Crippen LogP contribution in [0.25, 0.3) is 142 Å². The van der Waals surface area contributed by atoms with Crippen LogP contribution in [0.3, 0.4) is 0 Å². The summed E-state index contributed by atoms with van der Waals surface area (Å²) in [5.74, 6) is 21.7. The molecule has 24 rings (SSSR count). The molecule has 689 valence electrons. The van der Waals surface area contributed by atoms with Gasteiger partial charge in [0.2, 0.25) is 0 Å². The van der Waals surface area contributed by atoms with E-state index in [2.05, 4.69) is 324 Å². The predicted octanol–water partition coefficient (Wildman–Crippen LogP) is 31.0. The van der Waals surface area contributed by atoms with Gasteiger partial charge < -0.3 is 41.2 Å². The molecule has 23 heteroatoms. The molecule has 0 fully saturated rings. The minimum absolute atomic E-state index is 0.505. The molecule has 0 saturated carbocycles. The second kappa shape index (κ2) is 49.1. The molecule has 0 aliphatic heterocycles. The summed E-state index contributed by atoms with van der Waals surface area (Å²) in [7, 11) is -1.66. The molecule has 0 saturated heterocycles. The van der Waals surface area contributed by atoms with E-state index in [4.69, 9.17) is 55.5 Å². The van der Waals surface area contributed by atoms with Gasteiger partial charge in [-0.05, 0) is 249 Å². The zero-order valence-electron chi connectivity index (χ0n) is 77.6. The molecule has 0 amide bonds. The van der Waals surface area contributed by atoms with Crippen LogP contribution in [0.15, 0.2) is 421 Å². The number of benzene rings is 10. The van der Waals surface area contributed by atoms with Crippen molar-refractivity contribution < 1.29 is 36.2 Å². The first-order valence-corrected chi connectivity index (χ1v) is 55.1. The zero-order chi connectivity index (χ0) is 99.2. The maximum absolute atomic E-state index is 8.84. The number of H-pyrrole nitrogens is 1. The molecule has 0 unspecified atom stereocenters. The number of terminal acetylenes is 3. The summed E-state index contributed by atoms with van der Waals surface area (Å²) in [5.41, 5.74) is 22.0. The summed E-state index contributed by atoms with van der Waals surface area (Å²) in [5, 5.41) is 25.8. The maximum Gasteiger partial charge on any atom is 0.569 e. The van der Waals surface area contributed by atoms with Crippen LogP contribution < -0.4 is 4.65 Å². The number of hydrogen-bond donors (Lipinski definition) is 2. The van der Waals surface area contributed by atoms with Gasteiger partial charge in [-0.1, -0.05) is 214 Å². The lowest BCUT2D eigenvalue weighted by Gasteiger charge is -2.09. The molecular weight excluding hydrogens is 2150 g/mol. The van der Waals surface area contributed by atoms with E-state index >= 15 is 0 Å². The molecule has 14 heterocycles. The van der Waals surface area contributed by atoms with Crippen LogP contribution in [0, 0.1) is 78.9 Å². The Morgan fingerprint density at radius 3 is 1.24 bits per heavy atom. The van der Waals surface area contributed by atoms with Gasteiger partial charge in [-0.15, -0.1) is 30.4 Å². The number of nitrogens with one attached hydrogen (secondary N) is 1. The molecule has 0 bridgehead atoms. The van der Waals surface area contributed by atoms with Crippen molar-refractivity contribution in [3.8, 4) is 100 Å². The SMILES string of the molecule is Brc1occc1C#Cc1ccncc1.Brc1occc1I.C#C[Si](C)(C)C.C#Cc1ccncc1.C#Cc1ccncc1.C(#Cc1ccoc1-c1cccc2c1oc1c3ccccc3ccc21)c1ccncc1.C[Si](C)(C)C#Cc1ccncc1.Ic1ccncc1.O[B]Oc1cccc2c1oc1c3ccccc3ccc21.c1ccc2c(c1)ccc1c3ccc4c(-c5ccncc5)cc5ccoc5c4c3[nH]c21. The Kier molecular flexibility index (Phi) is 34.8. The van der Waals surface area contributed by atoms with Gasteiger partial charge in [-0.2, -0.15) is 0 Å². The van der Waals surface area contributed by atoms with E-state index in [1.165, 1.54) is 41.6 Å². The van der Waals surface area contributed by atoms with E-state index in [0.29, 0.717) is 29.4 Å². The Hall–Kier alpha value is -15.9. The van der Waals surface area contributed by atoms with E-state index < -0.39 is 16.1 Å². The highest BCUT2D eigenvalue weighted by Gasteiger charge is 2.21. The van der Waals surface area contributed by atoms with E-state index in [1.54, 1.807) is 130 Å². The first-order chi connectivity index (χ1) is 69.2. The third-order valence-electron chi connectivity index (χ3n) is 21.3. The van der Waals surface area contributed by atoms with Crippen LogP contribution >= 0.6 is 77.0 Å². The van der Waals surface area contributed by atoms with Gasteiger partial charge in [0.1, 0.15) is 44.2 Å². The Balaban J connectivity index is 0.000000126. The van der Waals surface area contributed by atoms with Crippen molar-refractivity contribution in [3.05, 3.63) is 440 Å². The highest BCUT2D eigenvalue weighted by molar-refractivity contribution is 14.1. The third kappa shape index (κ3) is 26.4. The highest BCUT2D eigenvalue weighted by atomic mass is 127. The minimum atomic E-state index is -1.22. The van der Waals surface area contributed by atoms with Crippen molar-refractivity contribution in [2.24, 2.45) is 0 Å². The van der Waals surface area contributed by atoms with Gasteiger partial charge in [0.25, 0.3) is 0 Å². The summed E-state index contributed by atoms with van der Waals surface area (Å²) < 4.78 is 43.1. The van der Waals surface area contributed by atoms with Gasteiger partial charge in [0.15, 0.2) is 20.7 Å². The number of para-hydroxylation sites is 2. The lowest BCUT2D eigenvalue weighted by atomic mass is 9.95. The Morgan fingerprint density at radius 2 is 0.761 bits per heavy atom. The summed E-state index contributed by atoms with van der Waals surface area (Å²) in [6.45, 7) is 13.1. The largest absolute Gasteiger partial charge is 0.569 e. The molecule has 0 aliphatic rings. The smallest absolute Gasteiger partial charge is 0.535 e. The molecule has 16 nitrogen and oxygen atoms in total. The van der Waals surface area contributed by atoms with Crippen molar-refractivity contribution in [2.45, 2.75) is 39.3 Å². The second-order valence-corrected chi connectivity index (χ2v) is 46.5. The lowest BCUT2D eigenvalue weighted by Crippen LogP contribution is -2.16. The number of furan rings is 6. The average Bonchev–Trinajstić information content (AvgIpc) is 1.55. The molecule has 24 aromatic rings. The van der Waals surface area contributed by atoms with E-state index in [0.717, 1.165) is 140 Å². The van der Waals surface area contributed by atoms with Crippen molar-refractivity contribution in [3.63, 3.8) is 0 Å². The minimum Gasteiger partial charge on any atom is -0.535 e. The average molecular weight is 2240 g/mol. The number of pyridine rings is 7. The predicted molar refractivity (Wildman–Crippen MR) is 606 cm³/mol. The van der Waals surface area contributed by atoms with Gasteiger partial charge >= 0.3 is 7.69 Å². The number of rotatable bonds is 4. The molecule has 0 aliphatic carbocycles. The van der Waals surface area contributed by atoms with Crippen LogP contribution in [-0.2, 0) is 0 Å². The van der Waals surface area contributed by atoms with Gasteiger partial charge in [-0.3, -0.25) is 34.9 Å². The number of fused-ring (bicyclic) bond motifs is 19. The highest BCUT2D eigenvalue weighted by Crippen LogP contribution is 2.44. The topological polar surface area (TPSA) is 214 Å². The summed E-state index contributed by atoms with van der Waals surface area (Å²) >= 11 is 10.9. The molecule has 2 N–H and O–H groups in total. The van der Waals surface area contributed by atoms with Crippen LogP contribution in [0.5, 0.6) is 5.75 Å². The normalized spacial score (nSPS) is 10.5. The molecule has 1 radical (unpaired) electrons. The Bertz CT molecular complexity index is 8720.